The van der Waals surface area contributed by atoms with Crippen molar-refractivity contribution in [1.82, 2.24) is 0 Å². The highest BCUT2D eigenvalue weighted by Gasteiger charge is 2.16. The number of hydrogen-bond acceptors (Lipinski definition) is 5. The lowest BCUT2D eigenvalue weighted by molar-refractivity contribution is -0.385. The Balaban J connectivity index is 2.07. The number of hydrogen-bond donors (Lipinski definition) is 1. The molecule has 2 rings (SSSR count). The van der Waals surface area contributed by atoms with Crippen molar-refractivity contribution in [3.8, 4) is 0 Å². The molecule has 7 nitrogen and oxygen atoms in total. The van der Waals surface area contributed by atoms with E-state index < -0.39 is 17.0 Å². The largest absolute Gasteiger partial charge is 0.454 e. The molecule has 2 aromatic rings. The van der Waals surface area contributed by atoms with Crippen LogP contribution in [0.15, 0.2) is 48.5 Å². The van der Waals surface area contributed by atoms with Crippen LogP contribution in [0.5, 0.6) is 0 Å². The quantitative estimate of drug-likeness (QED) is 0.515. The van der Waals surface area contributed by atoms with E-state index in [9.17, 15) is 19.7 Å². The Morgan fingerprint density at radius 1 is 1.17 bits per heavy atom. The highest BCUT2D eigenvalue weighted by atomic mass is 16.6. The Hall–Kier alpha value is -3.22. The maximum Gasteiger partial charge on any atom is 0.338 e. The first-order valence-corrected chi connectivity index (χ1v) is 7.20. The number of carbonyl (C=O) groups excluding carboxylic acids is 2. The summed E-state index contributed by atoms with van der Waals surface area (Å²) in [6.07, 6.45) is -0.632. The monoisotopic (exact) mass is 328 g/mol. The van der Waals surface area contributed by atoms with Gasteiger partial charge in [-0.05, 0) is 36.8 Å². The van der Waals surface area contributed by atoms with Crippen molar-refractivity contribution in [3.05, 3.63) is 69.8 Å². The summed E-state index contributed by atoms with van der Waals surface area (Å²) in [5.41, 5.74) is 1.37. The van der Waals surface area contributed by atoms with Crippen molar-refractivity contribution < 1.29 is 19.2 Å². The molecule has 1 atom stereocenters. The van der Waals surface area contributed by atoms with Gasteiger partial charge in [-0.1, -0.05) is 12.1 Å². The molecule has 1 amide bonds. The molecule has 0 aliphatic heterocycles. The minimum absolute atomic E-state index is 0.0601. The van der Waals surface area contributed by atoms with Crippen molar-refractivity contribution in [2.24, 2.45) is 0 Å². The fourth-order valence-electron chi connectivity index (χ4n) is 2.08. The van der Waals surface area contributed by atoms with Crippen LogP contribution in [0.3, 0.4) is 0 Å². The van der Waals surface area contributed by atoms with Gasteiger partial charge in [-0.25, -0.2) is 4.79 Å². The van der Waals surface area contributed by atoms with Gasteiger partial charge >= 0.3 is 5.97 Å². The molecule has 0 aliphatic rings. The van der Waals surface area contributed by atoms with Gasteiger partial charge in [0.1, 0.15) is 6.10 Å². The lowest BCUT2D eigenvalue weighted by Crippen LogP contribution is -2.10. The maximum absolute atomic E-state index is 12.1. The summed E-state index contributed by atoms with van der Waals surface area (Å²) in [4.78, 5) is 33.4. The van der Waals surface area contributed by atoms with E-state index in [-0.39, 0.29) is 11.6 Å². The zero-order chi connectivity index (χ0) is 17.7. The Morgan fingerprint density at radius 2 is 1.83 bits per heavy atom. The minimum Gasteiger partial charge on any atom is -0.454 e. The third-order valence-electron chi connectivity index (χ3n) is 3.28. The second kappa shape index (κ2) is 7.36. The molecule has 0 saturated carbocycles. The van der Waals surface area contributed by atoms with Crippen molar-refractivity contribution in [2.75, 3.05) is 5.32 Å². The van der Waals surface area contributed by atoms with E-state index in [1.165, 1.54) is 31.2 Å². The molecular formula is C17H16N2O5. The fraction of sp³-hybridized carbons (Fsp3) is 0.176. The zero-order valence-electron chi connectivity index (χ0n) is 13.2. The predicted molar refractivity (Wildman–Crippen MR) is 87.7 cm³/mol. The number of nitro benzene ring substituents is 1. The Morgan fingerprint density at radius 3 is 2.42 bits per heavy atom. The normalized spacial score (nSPS) is 11.4. The fourth-order valence-corrected chi connectivity index (χ4v) is 2.08. The van der Waals surface area contributed by atoms with E-state index in [1.54, 1.807) is 31.2 Å². The van der Waals surface area contributed by atoms with Crippen LogP contribution in [0.25, 0.3) is 0 Å². The number of non-ortho nitro benzene ring substituents is 1. The number of carbonyl (C=O) groups is 2. The van der Waals surface area contributed by atoms with Gasteiger partial charge in [0.25, 0.3) is 5.69 Å². The average Bonchev–Trinajstić information content (AvgIpc) is 2.55. The summed E-state index contributed by atoms with van der Waals surface area (Å²) in [5.74, 6) is -0.756. The van der Waals surface area contributed by atoms with Crippen LogP contribution in [0.4, 0.5) is 11.4 Å². The first-order chi connectivity index (χ1) is 11.4. The lowest BCUT2D eigenvalue weighted by atomic mass is 10.1. The van der Waals surface area contributed by atoms with E-state index >= 15 is 0 Å². The minimum atomic E-state index is -0.632. The summed E-state index contributed by atoms with van der Waals surface area (Å²) in [5, 5.41) is 13.4. The SMILES string of the molecule is CC(=O)Nc1ccc(C(=O)OC(C)c2cccc([N+](=O)[O-])c2)cc1. The highest BCUT2D eigenvalue weighted by Crippen LogP contribution is 2.23. The summed E-state index contributed by atoms with van der Waals surface area (Å²) in [7, 11) is 0. The summed E-state index contributed by atoms with van der Waals surface area (Å²) < 4.78 is 5.33. The number of benzene rings is 2. The van der Waals surface area contributed by atoms with Gasteiger partial charge in [0.05, 0.1) is 10.5 Å². The molecule has 1 unspecified atom stereocenters. The van der Waals surface area contributed by atoms with Crippen LogP contribution < -0.4 is 5.32 Å². The van der Waals surface area contributed by atoms with Crippen molar-refractivity contribution >= 4 is 23.3 Å². The van der Waals surface area contributed by atoms with Crippen molar-refractivity contribution in [2.45, 2.75) is 20.0 Å². The Kier molecular flexibility index (Phi) is 5.26. The summed E-state index contributed by atoms with van der Waals surface area (Å²) in [6, 6.07) is 12.2. The van der Waals surface area contributed by atoms with E-state index in [2.05, 4.69) is 5.32 Å². The topological polar surface area (TPSA) is 98.5 Å². The summed E-state index contributed by atoms with van der Waals surface area (Å²) in [6.45, 7) is 3.03. The molecule has 0 fully saturated rings. The number of ether oxygens (including phenoxy) is 1. The molecule has 0 spiro atoms. The van der Waals surface area contributed by atoms with Crippen LogP contribution in [-0.4, -0.2) is 16.8 Å². The van der Waals surface area contributed by atoms with Gasteiger partial charge in [-0.15, -0.1) is 0 Å². The van der Waals surface area contributed by atoms with E-state index in [1.807, 2.05) is 0 Å². The standard InChI is InChI=1S/C17H16N2O5/c1-11(14-4-3-5-16(10-14)19(22)23)24-17(21)13-6-8-15(9-7-13)18-12(2)20/h3-11H,1-2H3,(H,18,20). The second-order valence-electron chi connectivity index (χ2n) is 5.16. The van der Waals surface area contributed by atoms with Gasteiger partial charge in [-0.3, -0.25) is 14.9 Å². The molecule has 7 heteroatoms. The summed E-state index contributed by atoms with van der Waals surface area (Å²) >= 11 is 0. The van der Waals surface area contributed by atoms with Crippen LogP contribution in [0.1, 0.15) is 35.9 Å². The third kappa shape index (κ3) is 4.39. The van der Waals surface area contributed by atoms with Gasteiger partial charge in [0.15, 0.2) is 0 Å². The molecule has 124 valence electrons. The first-order valence-electron chi connectivity index (χ1n) is 7.20. The number of nitro groups is 1. The smallest absolute Gasteiger partial charge is 0.338 e. The van der Waals surface area contributed by atoms with Gasteiger partial charge < -0.3 is 10.1 Å². The molecule has 2 aromatic carbocycles. The molecule has 24 heavy (non-hydrogen) atoms. The van der Waals surface area contributed by atoms with Crippen LogP contribution in [0.2, 0.25) is 0 Å². The molecule has 0 aliphatic carbocycles. The average molecular weight is 328 g/mol. The van der Waals surface area contributed by atoms with Gasteiger partial charge in [-0.2, -0.15) is 0 Å². The Bertz CT molecular complexity index is 771. The van der Waals surface area contributed by atoms with E-state index in [4.69, 9.17) is 4.74 Å². The molecule has 0 aromatic heterocycles. The number of rotatable bonds is 5. The van der Waals surface area contributed by atoms with Gasteiger partial charge in [0, 0.05) is 24.7 Å². The predicted octanol–water partition coefficient (Wildman–Crippen LogP) is 3.47. The second-order valence-corrected chi connectivity index (χ2v) is 5.16. The van der Waals surface area contributed by atoms with Crippen LogP contribution in [0, 0.1) is 10.1 Å². The van der Waals surface area contributed by atoms with Crippen LogP contribution >= 0.6 is 0 Å². The Labute approximate surface area is 138 Å². The van der Waals surface area contributed by atoms with Crippen LogP contribution in [-0.2, 0) is 9.53 Å². The van der Waals surface area contributed by atoms with Crippen molar-refractivity contribution in [3.63, 3.8) is 0 Å². The molecule has 1 N–H and O–H groups in total. The lowest BCUT2D eigenvalue weighted by Gasteiger charge is -2.13. The molecule has 0 heterocycles. The number of anilines is 1. The molecular weight excluding hydrogens is 312 g/mol. The highest BCUT2D eigenvalue weighted by molar-refractivity contribution is 5.92. The maximum atomic E-state index is 12.1. The molecule has 0 radical (unpaired) electrons. The third-order valence-corrected chi connectivity index (χ3v) is 3.28. The molecule has 0 bridgehead atoms. The number of nitrogens with zero attached hydrogens (tertiary/aromatic N) is 1. The number of nitrogens with one attached hydrogen (secondary N) is 1. The number of amides is 1. The zero-order valence-corrected chi connectivity index (χ0v) is 13.2. The number of esters is 1. The van der Waals surface area contributed by atoms with E-state index in [0.29, 0.717) is 16.8 Å². The molecule has 0 saturated heterocycles. The first kappa shape index (κ1) is 17.1. The van der Waals surface area contributed by atoms with Gasteiger partial charge in [0.2, 0.25) is 5.91 Å². The van der Waals surface area contributed by atoms with Crippen molar-refractivity contribution in [1.29, 1.82) is 0 Å². The van der Waals surface area contributed by atoms with E-state index in [0.717, 1.165) is 0 Å².